The maximum atomic E-state index is 5.72. The van der Waals surface area contributed by atoms with Crippen molar-refractivity contribution in [3.8, 4) is 0 Å². The minimum atomic E-state index is 0.512. The third-order valence-corrected chi connectivity index (χ3v) is 2.19. The monoisotopic (exact) mass is 168 g/mol. The number of aryl methyl sites for hydroxylation is 1. The van der Waals surface area contributed by atoms with E-state index in [2.05, 4.69) is 10.2 Å². The molecule has 0 bridgehead atoms. The van der Waals surface area contributed by atoms with Crippen molar-refractivity contribution in [3.05, 3.63) is 22.5 Å². The van der Waals surface area contributed by atoms with E-state index in [1.807, 2.05) is 13.0 Å². The van der Waals surface area contributed by atoms with Gasteiger partial charge in [0.15, 0.2) is 5.15 Å². The zero-order chi connectivity index (χ0) is 7.84. The maximum absolute atomic E-state index is 5.72. The average Bonchev–Trinajstić information content (AvgIpc) is 2.76. The second kappa shape index (κ2) is 2.45. The summed E-state index contributed by atoms with van der Waals surface area (Å²) in [6, 6.07) is 1.93. The molecular weight excluding hydrogens is 160 g/mol. The molecule has 1 aliphatic rings. The Morgan fingerprint density at radius 3 is 2.82 bits per heavy atom. The highest BCUT2D eigenvalue weighted by Gasteiger charge is 2.25. The van der Waals surface area contributed by atoms with Gasteiger partial charge in [0.2, 0.25) is 0 Å². The van der Waals surface area contributed by atoms with E-state index < -0.39 is 0 Å². The quantitative estimate of drug-likeness (QED) is 0.643. The number of hydrogen-bond donors (Lipinski definition) is 0. The molecule has 0 amide bonds. The minimum absolute atomic E-state index is 0.512. The fraction of sp³-hybridized carbons (Fsp3) is 0.500. The summed E-state index contributed by atoms with van der Waals surface area (Å²) in [7, 11) is 0. The predicted molar refractivity (Wildman–Crippen MR) is 43.8 cm³/mol. The second-order valence-electron chi connectivity index (χ2n) is 2.98. The van der Waals surface area contributed by atoms with E-state index in [1.54, 1.807) is 0 Å². The van der Waals surface area contributed by atoms with Gasteiger partial charge in [0.25, 0.3) is 0 Å². The van der Waals surface area contributed by atoms with E-state index in [-0.39, 0.29) is 0 Å². The molecule has 2 rings (SSSR count). The summed E-state index contributed by atoms with van der Waals surface area (Å²) in [6.45, 7) is 1.98. The second-order valence-corrected chi connectivity index (χ2v) is 3.37. The molecule has 1 aromatic heterocycles. The van der Waals surface area contributed by atoms with Crippen LogP contribution in [0, 0.1) is 6.92 Å². The minimum Gasteiger partial charge on any atom is -0.154 e. The lowest BCUT2D eigenvalue weighted by Gasteiger charge is -2.00. The first-order valence-corrected chi connectivity index (χ1v) is 4.15. The Morgan fingerprint density at radius 2 is 2.18 bits per heavy atom. The molecule has 0 aliphatic heterocycles. The van der Waals surface area contributed by atoms with Gasteiger partial charge in [-0.15, -0.1) is 5.10 Å². The van der Waals surface area contributed by atoms with Crippen molar-refractivity contribution in [3.63, 3.8) is 0 Å². The van der Waals surface area contributed by atoms with Crippen molar-refractivity contribution in [1.82, 2.24) is 10.2 Å². The van der Waals surface area contributed by atoms with Crippen LogP contribution in [0.4, 0.5) is 0 Å². The molecule has 0 unspecified atom stereocenters. The van der Waals surface area contributed by atoms with Crippen molar-refractivity contribution < 1.29 is 0 Å². The lowest BCUT2D eigenvalue weighted by molar-refractivity contribution is 0.928. The highest BCUT2D eigenvalue weighted by atomic mass is 35.5. The smallest absolute Gasteiger partial charge is 0.152 e. The average molecular weight is 169 g/mol. The zero-order valence-electron chi connectivity index (χ0n) is 6.34. The van der Waals surface area contributed by atoms with Crippen molar-refractivity contribution in [2.75, 3.05) is 0 Å². The van der Waals surface area contributed by atoms with Gasteiger partial charge in [0, 0.05) is 0 Å². The van der Waals surface area contributed by atoms with E-state index in [0.717, 1.165) is 5.69 Å². The summed E-state index contributed by atoms with van der Waals surface area (Å²) >= 11 is 5.72. The van der Waals surface area contributed by atoms with Gasteiger partial charge in [0.1, 0.15) is 0 Å². The van der Waals surface area contributed by atoms with Crippen LogP contribution >= 0.6 is 11.6 Å². The van der Waals surface area contributed by atoms with E-state index in [9.17, 15) is 0 Å². The summed E-state index contributed by atoms with van der Waals surface area (Å²) in [4.78, 5) is 0. The molecule has 1 heterocycles. The van der Waals surface area contributed by atoms with E-state index in [0.29, 0.717) is 11.1 Å². The van der Waals surface area contributed by atoms with Gasteiger partial charge in [-0.25, -0.2) is 0 Å². The molecule has 0 saturated heterocycles. The first-order chi connectivity index (χ1) is 5.27. The first kappa shape index (κ1) is 7.04. The molecule has 2 nitrogen and oxygen atoms in total. The third kappa shape index (κ3) is 1.36. The fourth-order valence-corrected chi connectivity index (χ4v) is 1.41. The molecule has 0 spiro atoms. The Hall–Kier alpha value is -0.630. The van der Waals surface area contributed by atoms with Crippen LogP contribution in [0.15, 0.2) is 6.07 Å². The largest absolute Gasteiger partial charge is 0.154 e. The molecule has 11 heavy (non-hydrogen) atoms. The van der Waals surface area contributed by atoms with E-state index in [4.69, 9.17) is 11.6 Å². The van der Waals surface area contributed by atoms with Crippen LogP contribution in [0.1, 0.15) is 30.0 Å². The Labute approximate surface area is 70.6 Å². The number of nitrogens with zero attached hydrogens (tertiary/aromatic N) is 2. The van der Waals surface area contributed by atoms with Gasteiger partial charge in [0.05, 0.1) is 5.69 Å². The molecule has 0 N–H and O–H groups in total. The molecule has 1 aliphatic carbocycles. The topological polar surface area (TPSA) is 25.8 Å². The Balaban J connectivity index is 2.42. The van der Waals surface area contributed by atoms with Crippen LogP contribution in [0.3, 0.4) is 0 Å². The third-order valence-electron chi connectivity index (χ3n) is 2.01. The number of rotatable bonds is 1. The maximum Gasteiger partial charge on any atom is 0.152 e. The van der Waals surface area contributed by atoms with Gasteiger partial charge in [-0.1, -0.05) is 11.6 Å². The SMILES string of the molecule is Cc1nnc(Cl)cc1C1CC1. The molecular formula is C8H9ClN2. The highest BCUT2D eigenvalue weighted by Crippen LogP contribution is 2.41. The molecule has 0 radical (unpaired) electrons. The molecule has 0 atom stereocenters. The number of aromatic nitrogens is 2. The van der Waals surface area contributed by atoms with Crippen LogP contribution in [-0.2, 0) is 0 Å². The standard InChI is InChI=1S/C8H9ClN2/c1-5-7(6-2-3-6)4-8(9)11-10-5/h4,6H,2-3H2,1H3. The van der Waals surface area contributed by atoms with Gasteiger partial charge in [-0.3, -0.25) is 0 Å². The van der Waals surface area contributed by atoms with Gasteiger partial charge in [-0.2, -0.15) is 5.10 Å². The first-order valence-electron chi connectivity index (χ1n) is 3.77. The van der Waals surface area contributed by atoms with Gasteiger partial charge >= 0.3 is 0 Å². The van der Waals surface area contributed by atoms with Crippen LogP contribution in [0.25, 0.3) is 0 Å². The highest BCUT2D eigenvalue weighted by molar-refractivity contribution is 6.29. The molecule has 1 saturated carbocycles. The summed E-state index contributed by atoms with van der Waals surface area (Å²) in [5.74, 6) is 0.711. The Morgan fingerprint density at radius 1 is 1.45 bits per heavy atom. The summed E-state index contributed by atoms with van der Waals surface area (Å²) in [6.07, 6.45) is 2.56. The van der Waals surface area contributed by atoms with Crippen molar-refractivity contribution in [1.29, 1.82) is 0 Å². The Kier molecular flexibility index (Phi) is 1.57. The lowest BCUT2D eigenvalue weighted by atomic mass is 10.1. The molecule has 1 fully saturated rings. The zero-order valence-corrected chi connectivity index (χ0v) is 7.10. The van der Waals surface area contributed by atoms with Crippen molar-refractivity contribution in [2.24, 2.45) is 0 Å². The van der Waals surface area contributed by atoms with E-state index >= 15 is 0 Å². The fourth-order valence-electron chi connectivity index (χ4n) is 1.25. The van der Waals surface area contributed by atoms with Crippen LogP contribution < -0.4 is 0 Å². The summed E-state index contributed by atoms with van der Waals surface area (Å²) in [5.41, 5.74) is 2.31. The number of hydrogen-bond acceptors (Lipinski definition) is 2. The molecule has 3 heteroatoms. The normalized spacial score (nSPS) is 16.9. The summed E-state index contributed by atoms with van der Waals surface area (Å²) < 4.78 is 0. The summed E-state index contributed by atoms with van der Waals surface area (Å²) in [5, 5.41) is 8.23. The van der Waals surface area contributed by atoms with E-state index in [1.165, 1.54) is 18.4 Å². The molecule has 0 aromatic carbocycles. The van der Waals surface area contributed by atoms with Crippen LogP contribution in [-0.4, -0.2) is 10.2 Å². The van der Waals surface area contributed by atoms with Crippen molar-refractivity contribution >= 4 is 11.6 Å². The van der Waals surface area contributed by atoms with Gasteiger partial charge < -0.3 is 0 Å². The van der Waals surface area contributed by atoms with Gasteiger partial charge in [-0.05, 0) is 37.3 Å². The lowest BCUT2D eigenvalue weighted by Crippen LogP contribution is -1.93. The van der Waals surface area contributed by atoms with Crippen LogP contribution in [0.5, 0.6) is 0 Å². The molecule has 58 valence electrons. The van der Waals surface area contributed by atoms with Crippen molar-refractivity contribution in [2.45, 2.75) is 25.7 Å². The Bertz CT molecular complexity index is 281. The number of halogens is 1. The molecule has 1 aromatic rings. The van der Waals surface area contributed by atoms with Crippen LogP contribution in [0.2, 0.25) is 5.15 Å². The predicted octanol–water partition coefficient (Wildman–Crippen LogP) is 2.32.